The van der Waals surface area contributed by atoms with Gasteiger partial charge in [0.25, 0.3) is 0 Å². The number of rotatable bonds is 8. The van der Waals surface area contributed by atoms with Crippen molar-refractivity contribution in [1.29, 1.82) is 0 Å². The molecule has 3 heteroatoms. The van der Waals surface area contributed by atoms with E-state index in [9.17, 15) is 0 Å². The first-order valence-corrected chi connectivity index (χ1v) is 5.90. The molecule has 92 valence electrons. The van der Waals surface area contributed by atoms with Crippen molar-refractivity contribution in [3.8, 4) is 0 Å². The zero-order valence-electron chi connectivity index (χ0n) is 10.1. The highest BCUT2D eigenvalue weighted by atomic mass is 16.4. The molecule has 0 aliphatic heterocycles. The summed E-state index contributed by atoms with van der Waals surface area (Å²) in [4.78, 5) is 2.33. The van der Waals surface area contributed by atoms with Gasteiger partial charge >= 0.3 is 0 Å². The molecule has 0 aliphatic carbocycles. The molecule has 0 aromatic heterocycles. The van der Waals surface area contributed by atoms with Crippen molar-refractivity contribution in [2.45, 2.75) is 19.4 Å². The Morgan fingerprint density at radius 2 is 1.88 bits per heavy atom. The van der Waals surface area contributed by atoms with Gasteiger partial charge in [-0.1, -0.05) is 36.4 Å². The molecular weight excluding hydrogens is 212 g/mol. The summed E-state index contributed by atoms with van der Waals surface area (Å²) < 4.78 is 0. The van der Waals surface area contributed by atoms with Crippen LogP contribution in [0.15, 0.2) is 48.1 Å². The van der Waals surface area contributed by atoms with Gasteiger partial charge in [0.05, 0.1) is 0 Å². The second kappa shape index (κ2) is 8.53. The van der Waals surface area contributed by atoms with Gasteiger partial charge in [0.15, 0.2) is 0 Å². The van der Waals surface area contributed by atoms with E-state index in [1.807, 2.05) is 12.1 Å². The Kier molecular flexibility index (Phi) is 6.75. The Hall–Kier alpha value is -1.61. The van der Waals surface area contributed by atoms with Gasteiger partial charge in [0.1, 0.15) is 0 Å². The Labute approximate surface area is 103 Å². The van der Waals surface area contributed by atoms with Crippen LogP contribution in [0.3, 0.4) is 0 Å². The standard InChI is InChI=1S/C14H20N2O/c1-2-3-11-16(12-7-10-15-17)13-14-8-5-4-6-9-14/h2,4-6,8-10,17H,1,3,7,11-13H2/b15-10+. The van der Waals surface area contributed by atoms with E-state index in [2.05, 4.69) is 40.9 Å². The van der Waals surface area contributed by atoms with Crippen molar-refractivity contribution in [2.24, 2.45) is 5.16 Å². The van der Waals surface area contributed by atoms with Gasteiger partial charge in [-0.15, -0.1) is 11.7 Å². The highest BCUT2D eigenvalue weighted by Gasteiger charge is 2.03. The topological polar surface area (TPSA) is 35.8 Å². The van der Waals surface area contributed by atoms with Gasteiger partial charge < -0.3 is 5.21 Å². The Bertz CT molecular complexity index is 335. The maximum absolute atomic E-state index is 8.38. The normalized spacial score (nSPS) is 11.1. The van der Waals surface area contributed by atoms with Crippen molar-refractivity contribution in [3.63, 3.8) is 0 Å². The number of nitrogens with zero attached hydrogens (tertiary/aromatic N) is 2. The smallest absolute Gasteiger partial charge is 0.0448 e. The summed E-state index contributed by atoms with van der Waals surface area (Å²) in [5, 5.41) is 11.4. The first-order valence-electron chi connectivity index (χ1n) is 5.90. The van der Waals surface area contributed by atoms with E-state index in [-0.39, 0.29) is 0 Å². The van der Waals surface area contributed by atoms with Crippen LogP contribution >= 0.6 is 0 Å². The number of benzene rings is 1. The molecule has 0 saturated carbocycles. The van der Waals surface area contributed by atoms with E-state index in [1.54, 1.807) is 0 Å². The molecule has 1 rings (SSSR count). The fourth-order valence-electron chi connectivity index (χ4n) is 1.68. The second-order valence-corrected chi connectivity index (χ2v) is 3.93. The summed E-state index contributed by atoms with van der Waals surface area (Å²) in [6, 6.07) is 10.4. The van der Waals surface area contributed by atoms with E-state index in [0.29, 0.717) is 0 Å². The average molecular weight is 232 g/mol. The van der Waals surface area contributed by atoms with Gasteiger partial charge in [0, 0.05) is 25.8 Å². The molecule has 1 aromatic carbocycles. The number of oxime groups is 1. The molecule has 0 bridgehead atoms. The zero-order valence-corrected chi connectivity index (χ0v) is 10.1. The lowest BCUT2D eigenvalue weighted by Gasteiger charge is -2.20. The van der Waals surface area contributed by atoms with Crippen LogP contribution in [-0.4, -0.2) is 29.4 Å². The first kappa shape index (κ1) is 13.5. The van der Waals surface area contributed by atoms with Gasteiger partial charge in [-0.25, -0.2) is 0 Å². The highest BCUT2D eigenvalue weighted by molar-refractivity contribution is 5.56. The third-order valence-electron chi connectivity index (χ3n) is 2.55. The van der Waals surface area contributed by atoms with Gasteiger partial charge in [-0.05, 0) is 18.4 Å². The molecule has 3 nitrogen and oxygen atoms in total. The summed E-state index contributed by atoms with van der Waals surface area (Å²) in [5.74, 6) is 0. The summed E-state index contributed by atoms with van der Waals surface area (Å²) >= 11 is 0. The minimum absolute atomic E-state index is 0.764. The largest absolute Gasteiger partial charge is 0.411 e. The molecule has 0 saturated heterocycles. The molecule has 0 aliphatic rings. The monoisotopic (exact) mass is 232 g/mol. The molecule has 0 spiro atoms. The van der Waals surface area contributed by atoms with Crippen LogP contribution in [-0.2, 0) is 6.54 Å². The van der Waals surface area contributed by atoms with Gasteiger partial charge in [-0.3, -0.25) is 4.90 Å². The Morgan fingerprint density at radius 3 is 2.53 bits per heavy atom. The predicted octanol–water partition coefficient (Wildman–Crippen LogP) is 2.91. The van der Waals surface area contributed by atoms with E-state index < -0.39 is 0 Å². The minimum Gasteiger partial charge on any atom is -0.411 e. The highest BCUT2D eigenvalue weighted by Crippen LogP contribution is 2.05. The fraction of sp³-hybridized carbons (Fsp3) is 0.357. The molecule has 0 atom stereocenters. The maximum Gasteiger partial charge on any atom is 0.0448 e. The third-order valence-corrected chi connectivity index (χ3v) is 2.55. The summed E-state index contributed by atoms with van der Waals surface area (Å²) in [7, 11) is 0. The lowest BCUT2D eigenvalue weighted by atomic mass is 10.2. The van der Waals surface area contributed by atoms with Crippen LogP contribution < -0.4 is 0 Å². The molecular formula is C14H20N2O. The van der Waals surface area contributed by atoms with E-state index in [4.69, 9.17) is 5.21 Å². The van der Waals surface area contributed by atoms with Gasteiger partial charge in [-0.2, -0.15) is 0 Å². The quantitative estimate of drug-likeness (QED) is 0.324. The Morgan fingerprint density at radius 1 is 1.18 bits per heavy atom. The van der Waals surface area contributed by atoms with Crippen LogP contribution in [0.25, 0.3) is 0 Å². The van der Waals surface area contributed by atoms with Crippen molar-refractivity contribution in [3.05, 3.63) is 48.6 Å². The van der Waals surface area contributed by atoms with Gasteiger partial charge in [0.2, 0.25) is 0 Å². The molecule has 1 aromatic rings. The predicted molar refractivity (Wildman–Crippen MR) is 71.4 cm³/mol. The van der Waals surface area contributed by atoms with Crippen molar-refractivity contribution in [1.82, 2.24) is 4.90 Å². The zero-order chi connectivity index (χ0) is 12.3. The number of hydrogen-bond donors (Lipinski definition) is 1. The molecule has 0 radical (unpaired) electrons. The van der Waals surface area contributed by atoms with E-state index >= 15 is 0 Å². The lowest BCUT2D eigenvalue weighted by Crippen LogP contribution is -2.25. The van der Waals surface area contributed by atoms with Crippen LogP contribution in [0.4, 0.5) is 0 Å². The molecule has 0 unspecified atom stereocenters. The van der Waals surface area contributed by atoms with Crippen molar-refractivity contribution >= 4 is 6.21 Å². The fourth-order valence-corrected chi connectivity index (χ4v) is 1.68. The average Bonchev–Trinajstić information content (AvgIpc) is 2.37. The first-order chi connectivity index (χ1) is 8.36. The maximum atomic E-state index is 8.38. The summed E-state index contributed by atoms with van der Waals surface area (Å²) in [6.07, 6.45) is 5.20. The van der Waals surface area contributed by atoms with Crippen molar-refractivity contribution < 1.29 is 5.21 Å². The number of hydrogen-bond acceptors (Lipinski definition) is 3. The molecule has 1 N–H and O–H groups in total. The van der Waals surface area contributed by atoms with Crippen LogP contribution in [0, 0.1) is 0 Å². The second-order valence-electron chi connectivity index (χ2n) is 3.93. The molecule has 0 amide bonds. The molecule has 17 heavy (non-hydrogen) atoms. The molecule has 0 heterocycles. The van der Waals surface area contributed by atoms with Crippen LogP contribution in [0.2, 0.25) is 0 Å². The van der Waals surface area contributed by atoms with Crippen LogP contribution in [0.5, 0.6) is 0 Å². The lowest BCUT2D eigenvalue weighted by molar-refractivity contribution is 0.276. The Balaban J connectivity index is 2.47. The van der Waals surface area contributed by atoms with Crippen LogP contribution in [0.1, 0.15) is 18.4 Å². The SMILES string of the molecule is C=CCCN(CC/C=N/O)Cc1ccccc1. The van der Waals surface area contributed by atoms with E-state index in [0.717, 1.165) is 32.5 Å². The third kappa shape index (κ3) is 5.88. The summed E-state index contributed by atoms with van der Waals surface area (Å²) in [5.41, 5.74) is 1.30. The van der Waals surface area contributed by atoms with Crippen molar-refractivity contribution in [2.75, 3.05) is 13.1 Å². The minimum atomic E-state index is 0.764. The van der Waals surface area contributed by atoms with E-state index in [1.165, 1.54) is 11.8 Å². The molecule has 0 fully saturated rings. The summed E-state index contributed by atoms with van der Waals surface area (Å²) in [6.45, 7) is 6.55.